The number of benzene rings is 2. The van der Waals surface area contributed by atoms with Crippen molar-refractivity contribution < 1.29 is 19.5 Å². The lowest BCUT2D eigenvalue weighted by Gasteiger charge is -2.19. The highest BCUT2D eigenvalue weighted by Crippen LogP contribution is 2.24. The van der Waals surface area contributed by atoms with Crippen molar-refractivity contribution in [3.8, 4) is 11.1 Å². The van der Waals surface area contributed by atoms with Gasteiger partial charge in [0.1, 0.15) is 13.4 Å². The number of aldehydes is 1. The molecule has 7 nitrogen and oxygen atoms in total. The summed E-state index contributed by atoms with van der Waals surface area (Å²) in [7, 11) is 1.46. The average molecular weight is 412 g/mol. The molecule has 1 saturated heterocycles. The van der Waals surface area contributed by atoms with Crippen molar-refractivity contribution in [1.82, 2.24) is 4.90 Å². The summed E-state index contributed by atoms with van der Waals surface area (Å²) < 4.78 is 0. The van der Waals surface area contributed by atoms with E-state index in [-0.39, 0.29) is 12.5 Å². The Kier molecular flexibility index (Phi) is 9.18. The van der Waals surface area contributed by atoms with Gasteiger partial charge < -0.3 is 25.4 Å². The maximum absolute atomic E-state index is 12.8. The van der Waals surface area contributed by atoms with E-state index in [0.717, 1.165) is 23.8 Å². The van der Waals surface area contributed by atoms with Gasteiger partial charge in [0, 0.05) is 18.6 Å². The van der Waals surface area contributed by atoms with E-state index in [1.165, 1.54) is 17.6 Å². The maximum Gasteiger partial charge on any atom is 0.254 e. The smallest absolute Gasteiger partial charge is 0.254 e. The van der Waals surface area contributed by atoms with E-state index >= 15 is 0 Å². The Morgan fingerprint density at radius 1 is 1.27 bits per heavy atom. The predicted octanol–water partition coefficient (Wildman–Crippen LogP) is 2.41. The van der Waals surface area contributed by atoms with Gasteiger partial charge in [0.25, 0.3) is 5.91 Å². The molecule has 1 heterocycles. The summed E-state index contributed by atoms with van der Waals surface area (Å²) in [6.07, 6.45) is 1.93. The van der Waals surface area contributed by atoms with Crippen LogP contribution in [0.25, 0.3) is 11.1 Å². The number of hydrogen-bond acceptors (Lipinski definition) is 6. The van der Waals surface area contributed by atoms with Gasteiger partial charge in [-0.2, -0.15) is 0 Å². The largest absolute Gasteiger partial charge is 0.399 e. The summed E-state index contributed by atoms with van der Waals surface area (Å²) in [5.74, 6) is -0.172. The minimum absolute atomic E-state index is 0.172. The van der Waals surface area contributed by atoms with E-state index < -0.39 is 6.04 Å². The van der Waals surface area contributed by atoms with Gasteiger partial charge in [0.2, 0.25) is 0 Å². The molecule has 0 aliphatic carbocycles. The zero-order valence-electron chi connectivity index (χ0n) is 17.5. The molecule has 2 aromatic carbocycles. The Hall–Kier alpha value is -3.03. The number of hydrogen-bond donors (Lipinski definition) is 2. The molecule has 1 unspecified atom stereocenters. The first-order valence-corrected chi connectivity index (χ1v) is 9.87. The van der Waals surface area contributed by atoms with Crippen molar-refractivity contribution >= 4 is 17.9 Å². The van der Waals surface area contributed by atoms with Crippen LogP contribution in [0.2, 0.25) is 0 Å². The Bertz CT molecular complexity index is 863. The summed E-state index contributed by atoms with van der Waals surface area (Å²) in [5.41, 5.74) is 9.62. The van der Waals surface area contributed by atoms with Crippen LogP contribution in [0.1, 0.15) is 28.8 Å². The van der Waals surface area contributed by atoms with Crippen LogP contribution in [0.5, 0.6) is 0 Å². The molecule has 1 amide bonds. The Morgan fingerprint density at radius 3 is 2.50 bits per heavy atom. The molecule has 30 heavy (non-hydrogen) atoms. The normalized spacial score (nSPS) is 16.7. The molecule has 7 heteroatoms. The molecule has 0 bridgehead atoms. The number of amides is 1. The molecule has 1 aliphatic rings. The van der Waals surface area contributed by atoms with Crippen molar-refractivity contribution in [1.29, 1.82) is 0 Å². The van der Waals surface area contributed by atoms with Gasteiger partial charge in [0.05, 0.1) is 18.3 Å². The first kappa shape index (κ1) is 23.3. The van der Waals surface area contributed by atoms with Gasteiger partial charge in [-0.3, -0.25) is 4.79 Å². The quantitative estimate of drug-likeness (QED) is 0.561. The number of aliphatic hydroxyl groups is 1. The third-order valence-electron chi connectivity index (χ3n) is 4.79. The second-order valence-electron chi connectivity index (χ2n) is 6.94. The fourth-order valence-corrected chi connectivity index (χ4v) is 3.22. The molecule has 1 aliphatic heterocycles. The molecule has 2 aromatic rings. The summed E-state index contributed by atoms with van der Waals surface area (Å²) in [4.78, 5) is 30.3. The predicted molar refractivity (Wildman–Crippen MR) is 117 cm³/mol. The molecule has 0 radical (unpaired) electrons. The van der Waals surface area contributed by atoms with Crippen LogP contribution in [-0.4, -0.2) is 60.8 Å². The highest BCUT2D eigenvalue weighted by Gasteiger charge is 2.33. The van der Waals surface area contributed by atoms with E-state index in [0.29, 0.717) is 30.8 Å². The Labute approximate surface area is 177 Å². The van der Waals surface area contributed by atoms with E-state index in [4.69, 9.17) is 15.7 Å². The van der Waals surface area contributed by atoms with Crippen LogP contribution in [0.15, 0.2) is 53.7 Å². The number of carbonyl (C=O) groups excluding carboxylic acids is 2. The van der Waals surface area contributed by atoms with Crippen molar-refractivity contribution in [2.45, 2.75) is 25.8 Å². The van der Waals surface area contributed by atoms with Gasteiger partial charge in [-0.05, 0) is 48.7 Å². The zero-order valence-corrected chi connectivity index (χ0v) is 17.5. The number of oxime groups is 1. The van der Waals surface area contributed by atoms with Crippen molar-refractivity contribution in [2.75, 3.05) is 26.8 Å². The molecule has 0 saturated carbocycles. The molecule has 3 rings (SSSR count). The summed E-state index contributed by atoms with van der Waals surface area (Å²) in [6, 6.07) is 15.1. The van der Waals surface area contributed by atoms with Crippen LogP contribution in [0.4, 0.5) is 0 Å². The number of carbonyl (C=O) groups is 2. The van der Waals surface area contributed by atoms with E-state index in [2.05, 4.69) is 24.2 Å². The number of rotatable bonds is 6. The van der Waals surface area contributed by atoms with Crippen molar-refractivity contribution in [3.63, 3.8) is 0 Å². The molecule has 160 valence electrons. The first-order valence-electron chi connectivity index (χ1n) is 9.87. The van der Waals surface area contributed by atoms with Crippen LogP contribution in [-0.2, 0) is 9.63 Å². The fraction of sp³-hybridized carbons (Fsp3) is 0.348. The Balaban J connectivity index is 0.000000575. The van der Waals surface area contributed by atoms with E-state index in [1.54, 1.807) is 12.1 Å². The van der Waals surface area contributed by atoms with E-state index in [1.807, 2.05) is 24.3 Å². The van der Waals surface area contributed by atoms with E-state index in [9.17, 15) is 9.59 Å². The SMILES string of the molecule is CO/N=C1\CC(C=O)N(C(=O)c2ccc(-c3ccccc3C)cc2)C1.NCCCO. The molecule has 1 atom stereocenters. The van der Waals surface area contributed by atoms with Crippen LogP contribution >= 0.6 is 0 Å². The molecule has 3 N–H and O–H groups in total. The first-order chi connectivity index (χ1) is 14.5. The second-order valence-corrected chi connectivity index (χ2v) is 6.94. The van der Waals surface area contributed by atoms with Gasteiger partial charge in [-0.1, -0.05) is 41.6 Å². The monoisotopic (exact) mass is 411 g/mol. The molecule has 0 aromatic heterocycles. The van der Waals surface area contributed by atoms with Crippen molar-refractivity contribution in [3.05, 3.63) is 59.7 Å². The summed E-state index contributed by atoms with van der Waals surface area (Å²) in [5, 5.41) is 11.9. The lowest BCUT2D eigenvalue weighted by molar-refractivity contribution is -0.111. The highest BCUT2D eigenvalue weighted by molar-refractivity contribution is 6.03. The van der Waals surface area contributed by atoms with Crippen LogP contribution < -0.4 is 5.73 Å². The summed E-state index contributed by atoms with van der Waals surface area (Å²) in [6.45, 7) is 3.19. The molecular formula is C23H29N3O4. The third-order valence-corrected chi connectivity index (χ3v) is 4.79. The average Bonchev–Trinajstić information content (AvgIpc) is 3.18. The topological polar surface area (TPSA) is 105 Å². The van der Waals surface area contributed by atoms with Gasteiger partial charge in [0.15, 0.2) is 0 Å². The molecule has 0 spiro atoms. The molecular weight excluding hydrogens is 382 g/mol. The van der Waals surface area contributed by atoms with Gasteiger partial charge >= 0.3 is 0 Å². The second kappa shape index (κ2) is 11.8. The standard InChI is InChI=1S/C20H20N2O3.C3H9NO/c1-14-5-3-4-6-19(14)15-7-9-16(10-8-15)20(24)22-12-17(21-25-2)11-18(22)13-23;4-2-1-3-5/h3-10,13,18H,11-12H2,1-2H3;5H,1-4H2/b21-17+;. The van der Waals surface area contributed by atoms with Gasteiger partial charge in [-0.15, -0.1) is 0 Å². The number of nitrogens with zero attached hydrogens (tertiary/aromatic N) is 2. The minimum atomic E-state index is -0.488. The number of aliphatic hydroxyl groups excluding tert-OH is 1. The lowest BCUT2D eigenvalue weighted by atomic mass is 9.99. The van der Waals surface area contributed by atoms with Gasteiger partial charge in [-0.25, -0.2) is 0 Å². The third kappa shape index (κ3) is 5.98. The number of nitrogens with two attached hydrogens (primary N) is 1. The lowest BCUT2D eigenvalue weighted by Crippen LogP contribution is -2.36. The summed E-state index contributed by atoms with van der Waals surface area (Å²) >= 11 is 0. The minimum Gasteiger partial charge on any atom is -0.399 e. The molecule has 1 fully saturated rings. The number of likely N-dealkylation sites (tertiary alicyclic amines) is 1. The zero-order chi connectivity index (χ0) is 21.9. The van der Waals surface area contributed by atoms with Crippen LogP contribution in [0.3, 0.4) is 0 Å². The maximum atomic E-state index is 12.8. The van der Waals surface area contributed by atoms with Crippen molar-refractivity contribution in [2.24, 2.45) is 10.9 Å². The highest BCUT2D eigenvalue weighted by atomic mass is 16.6. The van der Waals surface area contributed by atoms with Crippen LogP contribution in [0, 0.1) is 6.92 Å². The fourth-order valence-electron chi connectivity index (χ4n) is 3.22. The number of aryl methyl sites for hydroxylation is 1. The Morgan fingerprint density at radius 2 is 1.97 bits per heavy atom.